The van der Waals surface area contributed by atoms with E-state index in [2.05, 4.69) is 10.5 Å². The summed E-state index contributed by atoms with van der Waals surface area (Å²) in [5, 5.41) is 4.88. The Bertz CT molecular complexity index is 1800. The number of nitrogens with one attached hydrogen (secondary N) is 1. The molecule has 8 heteroatoms. The van der Waals surface area contributed by atoms with E-state index in [9.17, 15) is 13.2 Å². The Morgan fingerprint density at radius 1 is 0.816 bits per heavy atom. The molecular formula is C30H25N3O4S. The highest BCUT2D eigenvalue weighted by Gasteiger charge is 2.26. The number of hydrogen-bond acceptors (Lipinski definition) is 6. The number of hydrogen-bond donors (Lipinski definition) is 1. The molecule has 190 valence electrons. The van der Waals surface area contributed by atoms with E-state index in [0.717, 1.165) is 5.56 Å². The Morgan fingerprint density at radius 3 is 2.11 bits per heavy atom. The lowest BCUT2D eigenvalue weighted by Crippen LogP contribution is -2.27. The average Bonchev–Trinajstić information content (AvgIpc) is 2.93. The Morgan fingerprint density at radius 2 is 1.42 bits per heavy atom. The molecule has 7 nitrogen and oxygen atoms in total. The van der Waals surface area contributed by atoms with E-state index >= 15 is 0 Å². The average molecular weight is 524 g/mol. The minimum atomic E-state index is -4.26. The van der Waals surface area contributed by atoms with Gasteiger partial charge in [-0.1, -0.05) is 66.2 Å². The molecule has 0 saturated carbocycles. The maximum atomic E-state index is 14.1. The van der Waals surface area contributed by atoms with Crippen LogP contribution >= 0.6 is 0 Å². The topological polar surface area (TPSA) is 89.8 Å². The highest BCUT2D eigenvalue weighted by atomic mass is 32.2. The predicted octanol–water partition coefficient (Wildman–Crippen LogP) is 5.90. The first-order valence-electron chi connectivity index (χ1n) is 12.0. The summed E-state index contributed by atoms with van der Waals surface area (Å²) in [6, 6.07) is 31.8. The van der Waals surface area contributed by atoms with Crippen LogP contribution in [0.2, 0.25) is 0 Å². The SMILES string of the molecule is C/C(=N\Nc1ccccc1)c1c(OS(=O)(=O)c2ccc(C)cc2)c2ccccc2n(-c2ccccc2)c1=O. The smallest absolute Gasteiger partial charge is 0.339 e. The second-order valence-electron chi connectivity index (χ2n) is 8.72. The van der Waals surface area contributed by atoms with Gasteiger partial charge in [-0.15, -0.1) is 0 Å². The first-order chi connectivity index (χ1) is 18.3. The maximum Gasteiger partial charge on any atom is 0.339 e. The lowest BCUT2D eigenvalue weighted by molar-refractivity contribution is 0.487. The van der Waals surface area contributed by atoms with Gasteiger partial charge in [0.2, 0.25) is 0 Å². The quantitative estimate of drug-likeness (QED) is 0.163. The van der Waals surface area contributed by atoms with Crippen molar-refractivity contribution in [2.45, 2.75) is 18.7 Å². The van der Waals surface area contributed by atoms with Crippen molar-refractivity contribution in [3.8, 4) is 11.4 Å². The van der Waals surface area contributed by atoms with Crippen LogP contribution in [0.4, 0.5) is 5.69 Å². The second-order valence-corrected chi connectivity index (χ2v) is 10.3. The lowest BCUT2D eigenvalue weighted by Gasteiger charge is -2.18. The third-order valence-electron chi connectivity index (χ3n) is 6.04. The molecule has 0 atom stereocenters. The number of hydrazone groups is 1. The van der Waals surface area contributed by atoms with Crippen LogP contribution in [-0.4, -0.2) is 18.7 Å². The van der Waals surface area contributed by atoms with Gasteiger partial charge in [-0.2, -0.15) is 13.5 Å². The zero-order chi connectivity index (χ0) is 26.7. The van der Waals surface area contributed by atoms with Crippen molar-refractivity contribution < 1.29 is 12.6 Å². The summed E-state index contributed by atoms with van der Waals surface area (Å²) < 4.78 is 34.1. The van der Waals surface area contributed by atoms with Gasteiger partial charge in [-0.05, 0) is 62.4 Å². The zero-order valence-corrected chi connectivity index (χ0v) is 21.6. The molecule has 0 fully saturated rings. The highest BCUT2D eigenvalue weighted by molar-refractivity contribution is 7.87. The fourth-order valence-corrected chi connectivity index (χ4v) is 5.09. The summed E-state index contributed by atoms with van der Waals surface area (Å²) in [6.07, 6.45) is 0. The van der Waals surface area contributed by atoms with Crippen molar-refractivity contribution in [1.82, 2.24) is 4.57 Å². The highest BCUT2D eigenvalue weighted by Crippen LogP contribution is 2.32. The van der Waals surface area contributed by atoms with E-state index in [1.54, 1.807) is 43.3 Å². The number of benzene rings is 4. The normalized spacial score (nSPS) is 11.9. The standard InChI is InChI=1S/C30H25N3O4S/c1-21-17-19-25(20-18-21)38(35,36)37-29-26-15-9-10-16-27(26)33(24-13-7-4-8-14-24)30(34)28(29)22(2)31-32-23-11-5-3-6-12-23/h3-20,32H,1-2H3/b31-22+. The predicted molar refractivity (Wildman–Crippen MR) is 151 cm³/mol. The molecule has 0 radical (unpaired) electrons. The Labute approximate surface area is 220 Å². The fourth-order valence-electron chi connectivity index (χ4n) is 4.13. The van der Waals surface area contributed by atoms with Gasteiger partial charge in [0.1, 0.15) is 10.5 Å². The molecule has 0 bridgehead atoms. The number of aryl methyl sites for hydroxylation is 1. The van der Waals surface area contributed by atoms with Crippen LogP contribution in [0.3, 0.4) is 0 Å². The number of rotatable bonds is 7. The van der Waals surface area contributed by atoms with Gasteiger partial charge in [0.05, 0.1) is 16.9 Å². The van der Waals surface area contributed by atoms with E-state index in [1.807, 2.05) is 67.6 Å². The molecule has 0 amide bonds. The van der Waals surface area contributed by atoms with Crippen molar-refractivity contribution in [3.05, 3.63) is 131 Å². The monoisotopic (exact) mass is 523 g/mol. The van der Waals surface area contributed by atoms with Gasteiger partial charge in [-0.25, -0.2) is 0 Å². The second kappa shape index (κ2) is 10.4. The molecule has 0 aliphatic carbocycles. The van der Waals surface area contributed by atoms with Gasteiger partial charge in [0.25, 0.3) is 5.56 Å². The van der Waals surface area contributed by atoms with Crippen LogP contribution in [0.5, 0.6) is 5.75 Å². The number of para-hydroxylation sites is 3. The molecule has 0 saturated heterocycles. The Balaban J connectivity index is 1.76. The van der Waals surface area contributed by atoms with Crippen LogP contribution in [0.25, 0.3) is 16.6 Å². The number of aromatic nitrogens is 1. The van der Waals surface area contributed by atoms with Crippen LogP contribution in [0.15, 0.2) is 124 Å². The van der Waals surface area contributed by atoms with Crippen molar-refractivity contribution in [3.63, 3.8) is 0 Å². The van der Waals surface area contributed by atoms with E-state index in [0.29, 0.717) is 22.3 Å². The van der Waals surface area contributed by atoms with Gasteiger partial charge < -0.3 is 4.18 Å². The van der Waals surface area contributed by atoms with E-state index in [4.69, 9.17) is 4.18 Å². The fraction of sp³-hybridized carbons (Fsp3) is 0.0667. The molecule has 0 aliphatic rings. The van der Waals surface area contributed by atoms with Gasteiger partial charge in [0, 0.05) is 11.1 Å². The minimum absolute atomic E-state index is 0.0117. The van der Waals surface area contributed by atoms with Crippen LogP contribution < -0.4 is 15.2 Å². The summed E-state index contributed by atoms with van der Waals surface area (Å²) in [4.78, 5) is 14.1. The molecule has 5 rings (SSSR count). The third-order valence-corrected chi connectivity index (χ3v) is 7.27. The number of pyridine rings is 1. The summed E-state index contributed by atoms with van der Waals surface area (Å²) in [6.45, 7) is 3.51. The largest absolute Gasteiger partial charge is 0.377 e. The minimum Gasteiger partial charge on any atom is -0.377 e. The van der Waals surface area contributed by atoms with Crippen LogP contribution in [-0.2, 0) is 10.1 Å². The van der Waals surface area contributed by atoms with Crippen molar-refractivity contribution >= 4 is 32.4 Å². The summed E-state index contributed by atoms with van der Waals surface area (Å²) in [7, 11) is -4.26. The molecule has 0 aliphatic heterocycles. The Hall–Kier alpha value is -4.69. The molecule has 1 aromatic heterocycles. The molecule has 38 heavy (non-hydrogen) atoms. The third kappa shape index (κ3) is 4.94. The van der Waals surface area contributed by atoms with Crippen molar-refractivity contribution in [2.75, 3.05) is 5.43 Å². The van der Waals surface area contributed by atoms with Crippen molar-refractivity contribution in [1.29, 1.82) is 0 Å². The molecule has 4 aromatic carbocycles. The zero-order valence-electron chi connectivity index (χ0n) is 20.8. The summed E-state index contributed by atoms with van der Waals surface area (Å²) in [5.74, 6) is -0.0746. The number of fused-ring (bicyclic) bond motifs is 1. The van der Waals surface area contributed by atoms with Crippen LogP contribution in [0.1, 0.15) is 18.1 Å². The van der Waals surface area contributed by atoms with Gasteiger partial charge >= 0.3 is 10.1 Å². The van der Waals surface area contributed by atoms with E-state index < -0.39 is 15.7 Å². The van der Waals surface area contributed by atoms with Crippen molar-refractivity contribution in [2.24, 2.45) is 5.10 Å². The number of nitrogens with zero attached hydrogens (tertiary/aromatic N) is 2. The molecular weight excluding hydrogens is 498 g/mol. The first kappa shape index (κ1) is 25.0. The molecule has 5 aromatic rings. The van der Waals surface area contributed by atoms with E-state index in [1.165, 1.54) is 16.7 Å². The molecule has 1 heterocycles. The molecule has 0 unspecified atom stereocenters. The summed E-state index contributed by atoms with van der Waals surface area (Å²) >= 11 is 0. The Kier molecular flexibility index (Phi) is 6.81. The molecule has 0 spiro atoms. The van der Waals surface area contributed by atoms with E-state index in [-0.39, 0.29) is 21.9 Å². The summed E-state index contributed by atoms with van der Waals surface area (Å²) in [5.41, 5.74) is 5.55. The maximum absolute atomic E-state index is 14.1. The van der Waals surface area contributed by atoms with Gasteiger partial charge in [0.15, 0.2) is 5.75 Å². The first-order valence-corrected chi connectivity index (χ1v) is 13.4. The number of anilines is 1. The lowest BCUT2D eigenvalue weighted by atomic mass is 10.1. The molecule has 1 N–H and O–H groups in total. The van der Waals surface area contributed by atoms with Gasteiger partial charge in [-0.3, -0.25) is 14.8 Å². The van der Waals surface area contributed by atoms with Crippen LogP contribution in [0, 0.1) is 6.92 Å².